The van der Waals surface area contributed by atoms with E-state index in [1.807, 2.05) is 48.5 Å². The number of hydrogen-bond acceptors (Lipinski definition) is 5. The predicted molar refractivity (Wildman–Crippen MR) is 130 cm³/mol. The summed E-state index contributed by atoms with van der Waals surface area (Å²) in [7, 11) is 1.37. The highest BCUT2D eigenvalue weighted by molar-refractivity contribution is 6.39. The molecule has 4 heterocycles. The van der Waals surface area contributed by atoms with Crippen molar-refractivity contribution in [3.05, 3.63) is 59.7 Å². The molecule has 1 aliphatic carbocycles. The lowest BCUT2D eigenvalue weighted by atomic mass is 9.93. The van der Waals surface area contributed by atoms with Crippen LogP contribution in [0.2, 0.25) is 0 Å². The van der Waals surface area contributed by atoms with Gasteiger partial charge in [0.25, 0.3) is 11.8 Å². The van der Waals surface area contributed by atoms with Gasteiger partial charge in [0.05, 0.1) is 35.3 Å². The molecule has 172 valence electrons. The first-order chi connectivity index (χ1) is 17.0. The zero-order valence-corrected chi connectivity index (χ0v) is 18.8. The molecule has 3 aliphatic rings. The summed E-state index contributed by atoms with van der Waals surface area (Å²) in [4.78, 5) is 39.6. The predicted octanol–water partition coefficient (Wildman–Crippen LogP) is 3.55. The minimum atomic E-state index is -1.24. The zero-order chi connectivity index (χ0) is 23.8. The van der Waals surface area contributed by atoms with Gasteiger partial charge in [-0.2, -0.15) is 0 Å². The first kappa shape index (κ1) is 19.2. The molecule has 1 unspecified atom stereocenters. The van der Waals surface area contributed by atoms with Crippen LogP contribution in [-0.2, 0) is 9.53 Å². The minimum Gasteiger partial charge on any atom is -0.468 e. The average molecular weight is 464 g/mol. The number of hydrogen-bond donors (Lipinski definition) is 2. The molecule has 2 amide bonds. The second-order valence-corrected chi connectivity index (χ2v) is 9.90. The Balaban J connectivity index is 1.73. The number of carbonyl (C=O) groups excluding carboxylic acids is 3. The molecule has 0 radical (unpaired) electrons. The van der Waals surface area contributed by atoms with Gasteiger partial charge in [-0.25, -0.2) is 4.79 Å². The monoisotopic (exact) mass is 464 g/mol. The maximum absolute atomic E-state index is 13.2. The lowest BCUT2D eigenvalue weighted by Crippen LogP contribution is -2.52. The molecule has 8 nitrogen and oxygen atoms in total. The van der Waals surface area contributed by atoms with Crippen molar-refractivity contribution < 1.29 is 19.1 Å². The number of imide groups is 1. The van der Waals surface area contributed by atoms with Crippen molar-refractivity contribution in [2.45, 2.75) is 30.5 Å². The van der Waals surface area contributed by atoms with Crippen LogP contribution in [0.25, 0.3) is 43.6 Å². The Hall–Kier alpha value is -4.17. The maximum atomic E-state index is 13.2. The van der Waals surface area contributed by atoms with Gasteiger partial charge >= 0.3 is 5.97 Å². The number of nitrogens with zero attached hydrogens (tertiary/aromatic N) is 2. The smallest absolute Gasteiger partial charge is 0.328 e. The lowest BCUT2D eigenvalue weighted by Gasteiger charge is -2.31. The van der Waals surface area contributed by atoms with E-state index in [0.29, 0.717) is 24.0 Å². The molecule has 3 atom stereocenters. The molecule has 3 N–H and O–H groups in total. The molecular weight excluding hydrogens is 444 g/mol. The minimum absolute atomic E-state index is 0.0772. The van der Waals surface area contributed by atoms with E-state index in [9.17, 15) is 14.4 Å². The van der Waals surface area contributed by atoms with E-state index in [0.717, 1.165) is 43.6 Å². The molecule has 0 spiro atoms. The molecule has 8 heteroatoms. The second kappa shape index (κ2) is 5.90. The van der Waals surface area contributed by atoms with E-state index in [1.54, 1.807) is 0 Å². The summed E-state index contributed by atoms with van der Waals surface area (Å²) in [5, 5.41) is 5.82. The Labute approximate surface area is 198 Å². The molecule has 2 aliphatic heterocycles. The zero-order valence-electron chi connectivity index (χ0n) is 18.8. The summed E-state index contributed by atoms with van der Waals surface area (Å²) in [6.45, 7) is 0. The number of amides is 2. The number of nitrogens with two attached hydrogens (primary N) is 1. The van der Waals surface area contributed by atoms with E-state index >= 15 is 0 Å². The first-order valence-corrected chi connectivity index (χ1v) is 11.7. The third-order valence-electron chi connectivity index (χ3n) is 8.38. The fourth-order valence-electron chi connectivity index (χ4n) is 7.15. The molecule has 5 aromatic rings. The van der Waals surface area contributed by atoms with Crippen LogP contribution >= 0.6 is 0 Å². The van der Waals surface area contributed by atoms with E-state index < -0.39 is 17.4 Å². The standard InChI is InChI=1S/C27H20N4O4/c1-35-26(34)27(28)11-12-10-17(27)31-16-9-5-3-7-14(16)19-21-20(24(32)29-25(21)33)18-13-6-2-4-8-15(13)30(12)22(18)23(19)31/h2-9,12,17H,10-11,28H2,1H3,(H,29,32,33)/t12?,17-,27-/m0/s1. The van der Waals surface area contributed by atoms with Gasteiger partial charge in [0.15, 0.2) is 0 Å². The molecule has 1 saturated carbocycles. The van der Waals surface area contributed by atoms with Gasteiger partial charge in [-0.3, -0.25) is 14.9 Å². The number of esters is 1. The molecule has 0 saturated heterocycles. The highest BCUT2D eigenvalue weighted by Crippen LogP contribution is 2.56. The van der Waals surface area contributed by atoms with Gasteiger partial charge in [0, 0.05) is 38.6 Å². The van der Waals surface area contributed by atoms with Crippen LogP contribution in [-0.4, -0.2) is 39.6 Å². The summed E-state index contributed by atoms with van der Waals surface area (Å²) in [6.07, 6.45) is 1.04. The molecule has 3 aromatic carbocycles. The van der Waals surface area contributed by atoms with Crippen molar-refractivity contribution in [1.82, 2.24) is 14.5 Å². The number of methoxy groups -OCH3 is 1. The summed E-state index contributed by atoms with van der Waals surface area (Å²) in [5.74, 6) is -1.21. The number of ether oxygens (including phenoxy) is 1. The highest BCUT2D eigenvalue weighted by atomic mass is 16.5. The summed E-state index contributed by atoms with van der Waals surface area (Å²) >= 11 is 0. The van der Waals surface area contributed by atoms with Crippen molar-refractivity contribution in [3.63, 3.8) is 0 Å². The molecule has 2 bridgehead atoms. The van der Waals surface area contributed by atoms with Crippen molar-refractivity contribution in [2.24, 2.45) is 5.73 Å². The van der Waals surface area contributed by atoms with Gasteiger partial charge in [0.2, 0.25) is 0 Å². The van der Waals surface area contributed by atoms with Crippen LogP contribution in [0, 0.1) is 0 Å². The lowest BCUT2D eigenvalue weighted by molar-refractivity contribution is -0.148. The third-order valence-corrected chi connectivity index (χ3v) is 8.38. The Morgan fingerprint density at radius 1 is 0.943 bits per heavy atom. The SMILES string of the molecule is COC(=O)[C@]1(N)CC2C[C@@H]1n1c3ccccc3c3c4c(c5c6ccccc6n2c5c31)C(=O)NC4=O. The highest BCUT2D eigenvalue weighted by Gasteiger charge is 2.55. The summed E-state index contributed by atoms with van der Waals surface area (Å²) < 4.78 is 9.60. The molecule has 1 fully saturated rings. The summed E-state index contributed by atoms with van der Waals surface area (Å²) in [5.41, 5.74) is 10.1. The fourth-order valence-corrected chi connectivity index (χ4v) is 7.15. The number of fused-ring (bicyclic) bond motifs is 13. The number of benzene rings is 3. The number of aromatic nitrogens is 2. The average Bonchev–Trinajstić information content (AvgIpc) is 3.53. The van der Waals surface area contributed by atoms with E-state index in [2.05, 4.69) is 14.5 Å². The Morgan fingerprint density at radius 3 is 2.09 bits per heavy atom. The number of nitrogens with one attached hydrogen (secondary N) is 1. The van der Waals surface area contributed by atoms with E-state index in [1.165, 1.54) is 7.11 Å². The van der Waals surface area contributed by atoms with E-state index in [4.69, 9.17) is 10.5 Å². The van der Waals surface area contributed by atoms with Gasteiger partial charge < -0.3 is 19.6 Å². The van der Waals surface area contributed by atoms with Gasteiger partial charge in [-0.15, -0.1) is 0 Å². The number of rotatable bonds is 1. The van der Waals surface area contributed by atoms with Gasteiger partial charge in [-0.1, -0.05) is 36.4 Å². The van der Waals surface area contributed by atoms with E-state index in [-0.39, 0.29) is 18.0 Å². The number of para-hydroxylation sites is 2. The maximum Gasteiger partial charge on any atom is 0.328 e. The molecule has 8 rings (SSSR count). The topological polar surface area (TPSA) is 108 Å². The van der Waals surface area contributed by atoms with Crippen LogP contribution in [0.1, 0.15) is 45.6 Å². The van der Waals surface area contributed by atoms with Crippen LogP contribution in [0.3, 0.4) is 0 Å². The van der Waals surface area contributed by atoms with Crippen molar-refractivity contribution in [3.8, 4) is 0 Å². The van der Waals surface area contributed by atoms with Gasteiger partial charge in [0.1, 0.15) is 5.54 Å². The quantitative estimate of drug-likeness (QED) is 0.291. The largest absolute Gasteiger partial charge is 0.468 e. The normalized spacial score (nSPS) is 24.6. The Bertz CT molecular complexity index is 1860. The van der Waals surface area contributed by atoms with Crippen LogP contribution < -0.4 is 11.1 Å². The van der Waals surface area contributed by atoms with Crippen LogP contribution in [0.5, 0.6) is 0 Å². The van der Waals surface area contributed by atoms with Crippen molar-refractivity contribution in [2.75, 3.05) is 7.11 Å². The number of carbonyl (C=O) groups is 3. The van der Waals surface area contributed by atoms with Crippen molar-refractivity contribution >= 4 is 61.4 Å². The van der Waals surface area contributed by atoms with Crippen LogP contribution in [0.4, 0.5) is 0 Å². The third kappa shape index (κ3) is 1.95. The second-order valence-electron chi connectivity index (χ2n) is 9.90. The van der Waals surface area contributed by atoms with Crippen molar-refractivity contribution in [1.29, 1.82) is 0 Å². The summed E-state index contributed by atoms with van der Waals surface area (Å²) in [6, 6.07) is 15.3. The first-order valence-electron chi connectivity index (χ1n) is 11.7. The molecular formula is C27H20N4O4. The molecule has 35 heavy (non-hydrogen) atoms. The van der Waals surface area contributed by atoms with Crippen LogP contribution in [0.15, 0.2) is 48.5 Å². The van der Waals surface area contributed by atoms with Gasteiger partial charge in [-0.05, 0) is 25.0 Å². The Morgan fingerprint density at radius 2 is 1.49 bits per heavy atom. The molecule has 2 aromatic heterocycles. The fraction of sp³-hybridized carbons (Fsp3) is 0.222. The Kier molecular flexibility index (Phi) is 3.23.